The predicted octanol–water partition coefficient (Wildman–Crippen LogP) is 3.97. The molecule has 0 unspecified atom stereocenters. The zero-order valence-corrected chi connectivity index (χ0v) is 19.8. The number of amides is 2. The largest absolute Gasteiger partial charge is 0.493 e. The first-order valence-corrected chi connectivity index (χ1v) is 11.2. The first-order valence-electron chi connectivity index (χ1n) is 10.8. The number of nitrogens with one attached hydrogen (secondary N) is 1. The van der Waals surface area contributed by atoms with E-state index in [4.69, 9.17) is 31.2 Å². The summed E-state index contributed by atoms with van der Waals surface area (Å²) in [6, 6.07) is 16.2. The second-order valence-corrected chi connectivity index (χ2v) is 8.18. The van der Waals surface area contributed by atoms with Crippen molar-refractivity contribution in [2.75, 3.05) is 18.8 Å². The summed E-state index contributed by atoms with van der Waals surface area (Å²) in [4.78, 5) is 26.6. The molecule has 2 amide bonds. The minimum atomic E-state index is -0.740. The molecule has 2 aliphatic heterocycles. The van der Waals surface area contributed by atoms with E-state index >= 15 is 0 Å². The van der Waals surface area contributed by atoms with Gasteiger partial charge >= 0.3 is 0 Å². The molecule has 0 aromatic heterocycles. The van der Waals surface area contributed by atoms with E-state index in [1.54, 1.807) is 24.3 Å². The van der Waals surface area contributed by atoms with Crippen molar-refractivity contribution in [2.24, 2.45) is 0 Å². The molecule has 8 nitrogen and oxygen atoms in total. The summed E-state index contributed by atoms with van der Waals surface area (Å²) < 4.78 is 36.4. The fraction of sp³-hybridized carbons (Fsp3) is 0.115. The monoisotopic (exact) mass is 506 g/mol. The van der Waals surface area contributed by atoms with Crippen LogP contribution < -0.4 is 29.2 Å². The van der Waals surface area contributed by atoms with Crippen LogP contribution >= 0.6 is 12.2 Å². The van der Waals surface area contributed by atoms with Crippen LogP contribution in [-0.4, -0.2) is 30.8 Å². The number of hydrogen-bond donors (Lipinski definition) is 1. The van der Waals surface area contributed by atoms with E-state index in [0.29, 0.717) is 28.6 Å². The summed E-state index contributed by atoms with van der Waals surface area (Å²) in [7, 11) is 1.48. The van der Waals surface area contributed by atoms with Gasteiger partial charge in [0, 0.05) is 0 Å². The van der Waals surface area contributed by atoms with Crippen LogP contribution in [0.25, 0.3) is 6.08 Å². The lowest BCUT2D eigenvalue weighted by Crippen LogP contribution is -2.54. The predicted molar refractivity (Wildman–Crippen MR) is 132 cm³/mol. The van der Waals surface area contributed by atoms with E-state index < -0.39 is 17.6 Å². The Labute approximate surface area is 210 Å². The van der Waals surface area contributed by atoms with Gasteiger partial charge in [-0.15, -0.1) is 0 Å². The van der Waals surface area contributed by atoms with Crippen molar-refractivity contribution in [1.29, 1.82) is 0 Å². The first-order chi connectivity index (χ1) is 17.4. The van der Waals surface area contributed by atoms with Crippen LogP contribution in [0.1, 0.15) is 11.1 Å². The van der Waals surface area contributed by atoms with E-state index in [1.807, 2.05) is 18.2 Å². The number of benzene rings is 3. The summed E-state index contributed by atoms with van der Waals surface area (Å²) in [6.45, 7) is 0.443. The van der Waals surface area contributed by atoms with Crippen molar-refractivity contribution in [3.8, 4) is 23.0 Å². The number of anilines is 1. The normalized spacial score (nSPS) is 15.8. The molecule has 0 radical (unpaired) electrons. The average Bonchev–Trinajstić information content (AvgIpc) is 3.34. The third-order valence-electron chi connectivity index (χ3n) is 5.53. The molecule has 1 saturated heterocycles. The maximum absolute atomic E-state index is 14.3. The van der Waals surface area contributed by atoms with Crippen LogP contribution in [0.3, 0.4) is 0 Å². The fourth-order valence-electron chi connectivity index (χ4n) is 3.76. The Hall–Kier alpha value is -4.44. The van der Waals surface area contributed by atoms with Gasteiger partial charge in [-0.1, -0.05) is 24.3 Å². The number of thiocarbonyl (C=S) groups is 1. The average molecular weight is 507 g/mol. The minimum absolute atomic E-state index is 0.0526. The molecule has 0 aliphatic carbocycles. The third-order valence-corrected chi connectivity index (χ3v) is 5.81. The molecule has 182 valence electrons. The Morgan fingerprint density at radius 2 is 1.86 bits per heavy atom. The molecule has 5 rings (SSSR count). The maximum Gasteiger partial charge on any atom is 0.270 e. The fourth-order valence-corrected chi connectivity index (χ4v) is 4.03. The molecule has 0 spiro atoms. The Kier molecular flexibility index (Phi) is 6.26. The molecule has 3 aromatic carbocycles. The number of para-hydroxylation sites is 1. The molecule has 2 heterocycles. The summed E-state index contributed by atoms with van der Waals surface area (Å²) in [5, 5.41) is 2.24. The second kappa shape index (κ2) is 9.67. The highest BCUT2D eigenvalue weighted by Crippen LogP contribution is 2.34. The number of rotatable bonds is 6. The second-order valence-electron chi connectivity index (χ2n) is 7.80. The lowest BCUT2D eigenvalue weighted by molar-refractivity contribution is -0.122. The summed E-state index contributed by atoms with van der Waals surface area (Å²) in [5.74, 6) is 0.139. The zero-order chi connectivity index (χ0) is 25.2. The van der Waals surface area contributed by atoms with Gasteiger partial charge in [0.2, 0.25) is 6.79 Å². The third kappa shape index (κ3) is 4.46. The smallest absolute Gasteiger partial charge is 0.270 e. The number of halogens is 1. The topological polar surface area (TPSA) is 86.3 Å². The highest BCUT2D eigenvalue weighted by molar-refractivity contribution is 7.80. The van der Waals surface area contributed by atoms with Gasteiger partial charge in [0.15, 0.2) is 28.1 Å². The van der Waals surface area contributed by atoms with Crippen LogP contribution in [0.5, 0.6) is 23.0 Å². The van der Waals surface area contributed by atoms with Crippen LogP contribution in [0.4, 0.5) is 10.1 Å². The molecule has 36 heavy (non-hydrogen) atoms. The molecular weight excluding hydrogens is 487 g/mol. The SMILES string of the molecule is COc1cc(/C=C2\C(=O)NC(=S)N(c3ccccc3F)C2=O)ccc1OCc1ccc2c(c1)OCO2. The highest BCUT2D eigenvalue weighted by Gasteiger charge is 2.35. The molecule has 1 fully saturated rings. The van der Waals surface area contributed by atoms with Crippen molar-refractivity contribution in [1.82, 2.24) is 5.32 Å². The van der Waals surface area contributed by atoms with Crippen molar-refractivity contribution >= 4 is 40.9 Å². The Morgan fingerprint density at radius 3 is 2.67 bits per heavy atom. The number of ether oxygens (including phenoxy) is 4. The van der Waals surface area contributed by atoms with E-state index in [1.165, 1.54) is 31.4 Å². The quantitative estimate of drug-likeness (QED) is 0.308. The molecular formula is C26H19FN2O6S. The van der Waals surface area contributed by atoms with Gasteiger partial charge in [0.25, 0.3) is 11.8 Å². The molecule has 1 N–H and O–H groups in total. The van der Waals surface area contributed by atoms with Crippen molar-refractivity contribution in [3.63, 3.8) is 0 Å². The molecule has 0 atom stereocenters. The van der Waals surface area contributed by atoms with Crippen LogP contribution in [-0.2, 0) is 16.2 Å². The molecule has 2 aliphatic rings. The number of methoxy groups -OCH3 is 1. The Bertz CT molecular complexity index is 1420. The van der Waals surface area contributed by atoms with E-state index in [9.17, 15) is 14.0 Å². The number of hydrogen-bond acceptors (Lipinski definition) is 7. The maximum atomic E-state index is 14.3. The highest BCUT2D eigenvalue weighted by atomic mass is 32.1. The zero-order valence-electron chi connectivity index (χ0n) is 18.9. The van der Waals surface area contributed by atoms with Crippen LogP contribution in [0.2, 0.25) is 0 Å². The lowest BCUT2D eigenvalue weighted by Gasteiger charge is -2.29. The Balaban J connectivity index is 1.38. The van der Waals surface area contributed by atoms with Crippen molar-refractivity contribution < 1.29 is 32.9 Å². The number of nitrogens with zero attached hydrogens (tertiary/aromatic N) is 1. The minimum Gasteiger partial charge on any atom is -0.493 e. The summed E-state index contributed by atoms with van der Waals surface area (Å²) in [5.41, 5.74) is 1.12. The van der Waals surface area contributed by atoms with Gasteiger partial charge in [-0.05, 0) is 65.8 Å². The van der Waals surface area contributed by atoms with Gasteiger partial charge in [-0.25, -0.2) is 9.29 Å². The van der Waals surface area contributed by atoms with Gasteiger partial charge in [0.1, 0.15) is 18.0 Å². The first kappa shape index (κ1) is 23.3. The van der Waals surface area contributed by atoms with Crippen molar-refractivity contribution in [3.05, 3.63) is 83.2 Å². The molecule has 0 bridgehead atoms. The standard InChI is InChI=1S/C26H19FN2O6S/c1-32-22-11-15(6-8-20(22)33-13-16-7-9-21-23(12-16)35-14-34-21)10-17-24(30)28-26(36)29(25(17)31)19-5-3-2-4-18(19)27/h2-12H,13-14H2,1H3,(H,28,30,36)/b17-10+. The van der Waals surface area contributed by atoms with Gasteiger partial charge in [-0.3, -0.25) is 14.9 Å². The molecule has 0 saturated carbocycles. The van der Waals surface area contributed by atoms with E-state index in [2.05, 4.69) is 5.32 Å². The number of carbonyl (C=O) groups excluding carboxylic acids is 2. The summed E-state index contributed by atoms with van der Waals surface area (Å²) >= 11 is 5.12. The molecule has 10 heteroatoms. The van der Waals surface area contributed by atoms with Crippen LogP contribution in [0.15, 0.2) is 66.2 Å². The Morgan fingerprint density at radius 1 is 1.06 bits per heavy atom. The lowest BCUT2D eigenvalue weighted by atomic mass is 10.1. The van der Waals surface area contributed by atoms with Gasteiger partial charge in [0.05, 0.1) is 12.8 Å². The number of fused-ring (bicyclic) bond motifs is 1. The van der Waals surface area contributed by atoms with Crippen LogP contribution in [0, 0.1) is 5.82 Å². The number of carbonyl (C=O) groups is 2. The molecule has 3 aromatic rings. The van der Waals surface area contributed by atoms with Crippen molar-refractivity contribution in [2.45, 2.75) is 6.61 Å². The van der Waals surface area contributed by atoms with Gasteiger partial charge in [-0.2, -0.15) is 0 Å². The van der Waals surface area contributed by atoms with E-state index in [-0.39, 0.29) is 29.8 Å². The van der Waals surface area contributed by atoms with E-state index in [0.717, 1.165) is 10.5 Å². The van der Waals surface area contributed by atoms with Gasteiger partial charge < -0.3 is 18.9 Å². The summed E-state index contributed by atoms with van der Waals surface area (Å²) in [6.07, 6.45) is 1.39.